The van der Waals surface area contributed by atoms with Gasteiger partial charge in [0.1, 0.15) is 6.04 Å². The third-order valence-electron chi connectivity index (χ3n) is 3.76. The van der Waals surface area contributed by atoms with Gasteiger partial charge in [0.2, 0.25) is 0 Å². The number of carbonyl (C=O) groups excluding carboxylic acids is 1. The lowest BCUT2D eigenvalue weighted by Gasteiger charge is -2.31. The molecule has 1 heterocycles. The largest absolute Gasteiger partial charge is 0.480 e. The molecule has 1 aliphatic heterocycles. The third kappa shape index (κ3) is 1.74. The Balaban J connectivity index is 2.20. The van der Waals surface area contributed by atoms with Crippen LogP contribution in [0.2, 0.25) is 0 Å². The van der Waals surface area contributed by atoms with Crippen LogP contribution in [0.5, 0.6) is 0 Å². The molecular weight excluding hydrogens is 210 g/mol. The fraction of sp³-hybridized carbons (Fsp3) is 0.818. The molecule has 1 N–H and O–H groups in total. The van der Waals surface area contributed by atoms with Crippen LogP contribution in [-0.4, -0.2) is 41.3 Å². The van der Waals surface area contributed by atoms with E-state index in [0.29, 0.717) is 12.3 Å². The van der Waals surface area contributed by atoms with E-state index in [0.717, 1.165) is 25.7 Å². The Bertz CT molecular complexity index is 304. The Labute approximate surface area is 94.4 Å². The molecule has 1 amide bonds. The van der Waals surface area contributed by atoms with E-state index in [9.17, 15) is 9.59 Å². The second kappa shape index (κ2) is 4.31. The van der Waals surface area contributed by atoms with E-state index in [1.54, 1.807) is 0 Å². The van der Waals surface area contributed by atoms with E-state index in [4.69, 9.17) is 5.11 Å². The van der Waals surface area contributed by atoms with Gasteiger partial charge in [0.15, 0.2) is 0 Å². The number of hydrogen-bond donors (Lipinski definition) is 1. The minimum Gasteiger partial charge on any atom is -0.480 e. The highest BCUT2D eigenvalue weighted by molar-refractivity contribution is 5.81. The predicted octanol–water partition coefficient (Wildman–Crippen LogP) is 1.47. The number of carbonyl (C=O) groups is 2. The Morgan fingerprint density at radius 1 is 1.31 bits per heavy atom. The molecule has 0 unspecified atom stereocenters. The highest BCUT2D eigenvalue weighted by atomic mass is 16.5. The van der Waals surface area contributed by atoms with Crippen LogP contribution in [0.3, 0.4) is 0 Å². The molecule has 0 aromatic heterocycles. The van der Waals surface area contributed by atoms with Crippen LogP contribution in [0.15, 0.2) is 0 Å². The van der Waals surface area contributed by atoms with E-state index in [-0.39, 0.29) is 6.04 Å². The molecule has 0 aromatic carbocycles. The number of hydrogen-bond acceptors (Lipinski definition) is 3. The van der Waals surface area contributed by atoms with Crippen molar-refractivity contribution < 1.29 is 19.4 Å². The lowest BCUT2D eigenvalue weighted by Crippen LogP contribution is -2.46. The van der Waals surface area contributed by atoms with Crippen molar-refractivity contribution in [2.45, 2.75) is 44.2 Å². The van der Waals surface area contributed by atoms with Crippen molar-refractivity contribution >= 4 is 12.1 Å². The summed E-state index contributed by atoms with van der Waals surface area (Å²) in [4.78, 5) is 24.2. The first kappa shape index (κ1) is 11.2. The van der Waals surface area contributed by atoms with Gasteiger partial charge in [-0.1, -0.05) is 12.8 Å². The first-order chi connectivity index (χ1) is 7.65. The zero-order chi connectivity index (χ0) is 11.7. The maximum atomic E-state index is 11.6. The van der Waals surface area contributed by atoms with Gasteiger partial charge in [0.05, 0.1) is 7.11 Å². The van der Waals surface area contributed by atoms with Crippen molar-refractivity contribution in [2.75, 3.05) is 7.11 Å². The van der Waals surface area contributed by atoms with Crippen LogP contribution in [-0.2, 0) is 9.53 Å². The highest BCUT2D eigenvalue weighted by Crippen LogP contribution is 2.39. The summed E-state index contributed by atoms with van der Waals surface area (Å²) in [6, 6.07) is -0.622. The minimum absolute atomic E-state index is 0.0716. The van der Waals surface area contributed by atoms with Crippen molar-refractivity contribution in [3.8, 4) is 0 Å². The molecule has 0 aromatic rings. The Kier molecular flexibility index (Phi) is 3.03. The number of methoxy groups -OCH3 is 1. The van der Waals surface area contributed by atoms with E-state index in [1.807, 2.05) is 0 Å². The fourth-order valence-electron chi connectivity index (χ4n) is 3.05. The summed E-state index contributed by atoms with van der Waals surface area (Å²) in [5.41, 5.74) is 0. The lowest BCUT2D eigenvalue weighted by molar-refractivity contribution is -0.142. The summed E-state index contributed by atoms with van der Waals surface area (Å²) < 4.78 is 4.69. The number of nitrogens with zero attached hydrogens (tertiary/aromatic N) is 1. The van der Waals surface area contributed by atoms with Gasteiger partial charge < -0.3 is 9.84 Å². The Morgan fingerprint density at radius 2 is 2.00 bits per heavy atom. The van der Waals surface area contributed by atoms with Gasteiger partial charge in [0.25, 0.3) is 0 Å². The normalized spacial score (nSPS) is 33.3. The Hall–Kier alpha value is -1.26. The molecule has 2 rings (SSSR count). The fourth-order valence-corrected chi connectivity index (χ4v) is 3.05. The number of amides is 1. The molecule has 5 heteroatoms. The van der Waals surface area contributed by atoms with Gasteiger partial charge in [-0.25, -0.2) is 9.59 Å². The smallest absolute Gasteiger partial charge is 0.410 e. The number of carboxylic acid groups (broad SMARTS) is 1. The van der Waals surface area contributed by atoms with Gasteiger partial charge in [-0.3, -0.25) is 4.90 Å². The second-order valence-electron chi connectivity index (χ2n) is 4.58. The van der Waals surface area contributed by atoms with Crippen LogP contribution in [0.4, 0.5) is 4.79 Å². The number of carboxylic acids is 1. The van der Waals surface area contributed by atoms with Crippen LogP contribution in [0, 0.1) is 5.92 Å². The van der Waals surface area contributed by atoms with Crippen molar-refractivity contribution in [3.63, 3.8) is 0 Å². The van der Waals surface area contributed by atoms with E-state index >= 15 is 0 Å². The summed E-state index contributed by atoms with van der Waals surface area (Å²) in [5, 5.41) is 9.13. The number of aliphatic carboxylic acids is 1. The number of fused-ring (bicyclic) bond motifs is 1. The first-order valence-electron chi connectivity index (χ1n) is 5.74. The van der Waals surface area contributed by atoms with Crippen LogP contribution < -0.4 is 0 Å². The standard InChI is InChI=1S/C11H17NO4/c1-16-11(15)12-8-5-3-2-4-7(8)6-9(12)10(13)14/h7-9H,2-6H2,1H3,(H,13,14)/t7-,8-,9-/m0/s1. The van der Waals surface area contributed by atoms with Crippen molar-refractivity contribution in [1.29, 1.82) is 0 Å². The van der Waals surface area contributed by atoms with Crippen LogP contribution >= 0.6 is 0 Å². The quantitative estimate of drug-likeness (QED) is 0.736. The summed E-state index contributed by atoms with van der Waals surface area (Å²) in [6.45, 7) is 0. The topological polar surface area (TPSA) is 66.8 Å². The summed E-state index contributed by atoms with van der Waals surface area (Å²) >= 11 is 0. The average Bonchev–Trinajstić information content (AvgIpc) is 2.67. The molecule has 1 aliphatic carbocycles. The molecule has 2 fully saturated rings. The monoisotopic (exact) mass is 227 g/mol. The molecule has 90 valence electrons. The number of likely N-dealkylation sites (tertiary alicyclic amines) is 1. The molecule has 1 saturated heterocycles. The zero-order valence-electron chi connectivity index (χ0n) is 9.39. The minimum atomic E-state index is -0.917. The number of ether oxygens (including phenoxy) is 1. The summed E-state index contributed by atoms with van der Waals surface area (Å²) in [7, 11) is 1.30. The van der Waals surface area contributed by atoms with Gasteiger partial charge in [-0.15, -0.1) is 0 Å². The SMILES string of the molecule is COC(=O)N1[C@H](C(=O)O)C[C@@H]2CCCC[C@@H]21. The second-order valence-corrected chi connectivity index (χ2v) is 4.58. The maximum absolute atomic E-state index is 11.6. The molecule has 0 spiro atoms. The molecule has 0 radical (unpaired) electrons. The molecule has 0 bridgehead atoms. The van der Waals surface area contributed by atoms with Crippen LogP contribution in [0.1, 0.15) is 32.1 Å². The van der Waals surface area contributed by atoms with Gasteiger partial charge in [-0.2, -0.15) is 0 Å². The molecule has 3 atom stereocenters. The van der Waals surface area contributed by atoms with Gasteiger partial charge in [0, 0.05) is 6.04 Å². The molecule has 16 heavy (non-hydrogen) atoms. The molecule has 1 saturated carbocycles. The first-order valence-corrected chi connectivity index (χ1v) is 5.74. The van der Waals surface area contributed by atoms with Crippen molar-refractivity contribution in [1.82, 2.24) is 4.90 Å². The molecule has 2 aliphatic rings. The van der Waals surface area contributed by atoms with Gasteiger partial charge >= 0.3 is 12.1 Å². The predicted molar refractivity (Wildman–Crippen MR) is 56.0 cm³/mol. The van der Waals surface area contributed by atoms with E-state index in [1.165, 1.54) is 12.0 Å². The van der Waals surface area contributed by atoms with Crippen molar-refractivity contribution in [3.05, 3.63) is 0 Å². The summed E-state index contributed by atoms with van der Waals surface area (Å²) in [6.07, 6.45) is 4.23. The Morgan fingerprint density at radius 3 is 2.62 bits per heavy atom. The lowest BCUT2D eigenvalue weighted by atomic mass is 9.85. The van der Waals surface area contributed by atoms with Crippen LogP contribution in [0.25, 0.3) is 0 Å². The molecular formula is C11H17NO4. The zero-order valence-corrected chi connectivity index (χ0v) is 9.39. The highest BCUT2D eigenvalue weighted by Gasteiger charge is 2.48. The summed E-state index contributed by atoms with van der Waals surface area (Å²) in [5.74, 6) is -0.575. The van der Waals surface area contributed by atoms with Crippen molar-refractivity contribution in [2.24, 2.45) is 5.92 Å². The van der Waals surface area contributed by atoms with E-state index < -0.39 is 18.1 Å². The maximum Gasteiger partial charge on any atom is 0.410 e. The average molecular weight is 227 g/mol. The number of rotatable bonds is 1. The van der Waals surface area contributed by atoms with Gasteiger partial charge in [-0.05, 0) is 25.2 Å². The molecule has 5 nitrogen and oxygen atoms in total. The van der Waals surface area contributed by atoms with E-state index in [2.05, 4.69) is 4.74 Å². The third-order valence-corrected chi connectivity index (χ3v) is 3.76.